The van der Waals surface area contributed by atoms with Crippen molar-refractivity contribution in [1.82, 2.24) is 20.5 Å². The second-order valence-corrected chi connectivity index (χ2v) is 5.98. The molecular weight excluding hydrogens is 317 g/mol. The van der Waals surface area contributed by atoms with Crippen LogP contribution in [0.1, 0.15) is 17.3 Å². The van der Waals surface area contributed by atoms with E-state index in [2.05, 4.69) is 25.5 Å². The van der Waals surface area contributed by atoms with Gasteiger partial charge in [-0.15, -0.1) is 0 Å². The molecule has 0 amide bonds. The third kappa shape index (κ3) is 6.15. The lowest BCUT2D eigenvalue weighted by molar-refractivity contribution is 0.298. The van der Waals surface area contributed by atoms with Gasteiger partial charge < -0.3 is 15.5 Å². The molecule has 0 aliphatic carbocycles. The van der Waals surface area contributed by atoms with Crippen LogP contribution in [0.2, 0.25) is 0 Å². The number of benzene rings is 1. The van der Waals surface area contributed by atoms with E-state index in [0.717, 1.165) is 30.2 Å². The first kappa shape index (κ1) is 18.9. The van der Waals surface area contributed by atoms with Crippen LogP contribution in [0.3, 0.4) is 0 Å². The van der Waals surface area contributed by atoms with Gasteiger partial charge >= 0.3 is 0 Å². The molecular formula is C19H26FN5. The standard InChI is InChI=1S/C19H26FN5/c1-21-19(23-13-11-17-6-4-5-12-22-17)24-14-18(25(2)3)15-7-9-16(20)10-8-15/h4-10,12,18H,11,13-14H2,1-3H3,(H2,21,23,24). The molecule has 0 spiro atoms. The molecule has 1 heterocycles. The third-order valence-corrected chi connectivity index (χ3v) is 3.96. The van der Waals surface area contributed by atoms with Gasteiger partial charge in [0.05, 0.1) is 6.04 Å². The van der Waals surface area contributed by atoms with Gasteiger partial charge in [0.15, 0.2) is 5.96 Å². The number of rotatable bonds is 7. The first-order chi connectivity index (χ1) is 12.1. The van der Waals surface area contributed by atoms with Crippen LogP contribution in [0.4, 0.5) is 4.39 Å². The third-order valence-electron chi connectivity index (χ3n) is 3.96. The van der Waals surface area contributed by atoms with Crippen LogP contribution in [0, 0.1) is 5.82 Å². The molecule has 1 aromatic heterocycles. The molecule has 1 atom stereocenters. The summed E-state index contributed by atoms with van der Waals surface area (Å²) in [6.45, 7) is 1.42. The maximum absolute atomic E-state index is 13.1. The van der Waals surface area contributed by atoms with E-state index in [9.17, 15) is 4.39 Å². The van der Waals surface area contributed by atoms with Crippen LogP contribution < -0.4 is 10.6 Å². The van der Waals surface area contributed by atoms with Gasteiger partial charge in [-0.3, -0.25) is 9.98 Å². The monoisotopic (exact) mass is 343 g/mol. The highest BCUT2D eigenvalue weighted by molar-refractivity contribution is 5.79. The number of pyridine rings is 1. The minimum atomic E-state index is -0.221. The van der Waals surface area contributed by atoms with Gasteiger partial charge in [-0.1, -0.05) is 18.2 Å². The van der Waals surface area contributed by atoms with E-state index >= 15 is 0 Å². The number of guanidine groups is 1. The Morgan fingerprint density at radius 2 is 1.92 bits per heavy atom. The van der Waals surface area contributed by atoms with Crippen molar-refractivity contribution >= 4 is 5.96 Å². The maximum atomic E-state index is 13.1. The predicted molar refractivity (Wildman–Crippen MR) is 100 cm³/mol. The molecule has 0 aliphatic rings. The minimum Gasteiger partial charge on any atom is -0.356 e. The fourth-order valence-corrected chi connectivity index (χ4v) is 2.55. The Balaban J connectivity index is 1.86. The zero-order chi connectivity index (χ0) is 18.1. The minimum absolute atomic E-state index is 0.120. The van der Waals surface area contributed by atoms with E-state index in [1.807, 2.05) is 44.4 Å². The van der Waals surface area contributed by atoms with E-state index in [0.29, 0.717) is 6.54 Å². The van der Waals surface area contributed by atoms with Crippen molar-refractivity contribution in [2.24, 2.45) is 4.99 Å². The summed E-state index contributed by atoms with van der Waals surface area (Å²) >= 11 is 0. The topological polar surface area (TPSA) is 52.6 Å². The van der Waals surface area contributed by atoms with E-state index in [1.54, 1.807) is 13.2 Å². The Labute approximate surface area is 149 Å². The summed E-state index contributed by atoms with van der Waals surface area (Å²) in [5.74, 6) is 0.520. The largest absolute Gasteiger partial charge is 0.356 e. The fourth-order valence-electron chi connectivity index (χ4n) is 2.55. The molecule has 0 radical (unpaired) electrons. The number of aromatic nitrogens is 1. The number of halogens is 1. The lowest BCUT2D eigenvalue weighted by Crippen LogP contribution is -2.42. The van der Waals surface area contributed by atoms with Gasteiger partial charge in [0.2, 0.25) is 0 Å². The molecule has 2 N–H and O–H groups in total. The van der Waals surface area contributed by atoms with Crippen LogP contribution in [0.5, 0.6) is 0 Å². The van der Waals surface area contributed by atoms with E-state index in [1.165, 1.54) is 12.1 Å². The SMILES string of the molecule is CN=C(NCCc1ccccn1)NCC(c1ccc(F)cc1)N(C)C. The number of aliphatic imine (C=N–C) groups is 1. The number of likely N-dealkylation sites (N-methyl/N-ethyl adjacent to an activating group) is 1. The molecule has 0 saturated heterocycles. The second-order valence-electron chi connectivity index (χ2n) is 5.98. The molecule has 2 rings (SSSR count). The first-order valence-corrected chi connectivity index (χ1v) is 8.36. The normalized spacial score (nSPS) is 12.9. The highest BCUT2D eigenvalue weighted by Crippen LogP contribution is 2.17. The van der Waals surface area contributed by atoms with Gasteiger partial charge in [0.1, 0.15) is 5.82 Å². The average Bonchev–Trinajstić information content (AvgIpc) is 2.62. The van der Waals surface area contributed by atoms with E-state index in [4.69, 9.17) is 0 Å². The highest BCUT2D eigenvalue weighted by atomic mass is 19.1. The van der Waals surface area contributed by atoms with Crippen LogP contribution in [0.25, 0.3) is 0 Å². The molecule has 0 bridgehead atoms. The lowest BCUT2D eigenvalue weighted by Gasteiger charge is -2.26. The zero-order valence-corrected chi connectivity index (χ0v) is 15.0. The highest BCUT2D eigenvalue weighted by Gasteiger charge is 2.14. The van der Waals surface area contributed by atoms with Crippen molar-refractivity contribution in [3.8, 4) is 0 Å². The molecule has 134 valence electrons. The van der Waals surface area contributed by atoms with Gasteiger partial charge in [0.25, 0.3) is 0 Å². The molecule has 2 aromatic rings. The van der Waals surface area contributed by atoms with Crippen LogP contribution in [0.15, 0.2) is 53.7 Å². The van der Waals surface area contributed by atoms with Crippen LogP contribution in [-0.4, -0.2) is 50.1 Å². The zero-order valence-electron chi connectivity index (χ0n) is 15.0. The van der Waals surface area contributed by atoms with Gasteiger partial charge in [-0.25, -0.2) is 4.39 Å². The summed E-state index contributed by atoms with van der Waals surface area (Å²) in [5, 5.41) is 6.63. The van der Waals surface area contributed by atoms with Crippen molar-refractivity contribution in [3.05, 3.63) is 65.7 Å². The van der Waals surface area contributed by atoms with E-state index in [-0.39, 0.29) is 11.9 Å². The molecule has 0 fully saturated rings. The Morgan fingerprint density at radius 1 is 1.16 bits per heavy atom. The fraction of sp³-hybridized carbons (Fsp3) is 0.368. The molecule has 25 heavy (non-hydrogen) atoms. The van der Waals surface area contributed by atoms with Gasteiger partial charge in [-0.05, 0) is 43.9 Å². The number of nitrogens with one attached hydrogen (secondary N) is 2. The molecule has 6 heteroatoms. The smallest absolute Gasteiger partial charge is 0.191 e. The Hall–Kier alpha value is -2.47. The average molecular weight is 343 g/mol. The summed E-state index contributed by atoms with van der Waals surface area (Å²) in [7, 11) is 5.76. The predicted octanol–water partition coefficient (Wildman–Crippen LogP) is 2.23. The molecule has 1 aromatic carbocycles. The molecule has 0 aliphatic heterocycles. The van der Waals surface area contributed by atoms with Crippen molar-refractivity contribution in [2.45, 2.75) is 12.5 Å². The van der Waals surface area contributed by atoms with Crippen molar-refractivity contribution < 1.29 is 4.39 Å². The van der Waals surface area contributed by atoms with Gasteiger partial charge in [-0.2, -0.15) is 0 Å². The van der Waals surface area contributed by atoms with Crippen LogP contribution in [-0.2, 0) is 6.42 Å². The number of hydrogen-bond donors (Lipinski definition) is 2. The molecule has 1 unspecified atom stereocenters. The summed E-state index contributed by atoms with van der Waals surface area (Å²) in [6.07, 6.45) is 2.63. The van der Waals surface area contributed by atoms with E-state index < -0.39 is 0 Å². The van der Waals surface area contributed by atoms with Crippen molar-refractivity contribution in [1.29, 1.82) is 0 Å². The maximum Gasteiger partial charge on any atom is 0.191 e. The second kappa shape index (κ2) is 9.74. The summed E-state index contributed by atoms with van der Waals surface area (Å²) in [4.78, 5) is 10.7. The lowest BCUT2D eigenvalue weighted by atomic mass is 10.1. The number of nitrogens with zero attached hydrogens (tertiary/aromatic N) is 3. The first-order valence-electron chi connectivity index (χ1n) is 8.36. The summed E-state index contributed by atoms with van der Waals surface area (Å²) < 4.78 is 13.1. The quantitative estimate of drug-likeness (QED) is 0.598. The number of hydrogen-bond acceptors (Lipinski definition) is 3. The van der Waals surface area contributed by atoms with Crippen molar-refractivity contribution in [3.63, 3.8) is 0 Å². The van der Waals surface area contributed by atoms with Gasteiger partial charge in [0, 0.05) is 38.4 Å². The molecule has 0 saturated carbocycles. The Morgan fingerprint density at radius 3 is 2.52 bits per heavy atom. The molecule has 5 nitrogen and oxygen atoms in total. The van der Waals surface area contributed by atoms with Crippen LogP contribution >= 0.6 is 0 Å². The summed E-state index contributed by atoms with van der Waals surface area (Å²) in [6, 6.07) is 12.6. The Bertz CT molecular complexity index is 655. The summed E-state index contributed by atoms with van der Waals surface area (Å²) in [5.41, 5.74) is 2.10. The Kier molecular flexibility index (Phi) is 7.35. The van der Waals surface area contributed by atoms with Crippen molar-refractivity contribution in [2.75, 3.05) is 34.2 Å².